The molecule has 1 amide bonds. The van der Waals surface area contributed by atoms with Crippen molar-refractivity contribution in [1.82, 2.24) is 0 Å². The minimum Gasteiger partial charge on any atom is -0.506 e. The van der Waals surface area contributed by atoms with Gasteiger partial charge in [0.15, 0.2) is 0 Å². The van der Waals surface area contributed by atoms with Crippen LogP contribution >= 0.6 is 0 Å². The van der Waals surface area contributed by atoms with Gasteiger partial charge in [0.25, 0.3) is 0 Å². The number of phenols is 1. The van der Waals surface area contributed by atoms with Gasteiger partial charge in [-0.15, -0.1) is 0 Å². The summed E-state index contributed by atoms with van der Waals surface area (Å²) in [6.07, 6.45) is -0.927. The van der Waals surface area contributed by atoms with Crippen molar-refractivity contribution in [2.24, 2.45) is 4.99 Å². The van der Waals surface area contributed by atoms with E-state index in [-0.39, 0.29) is 30.1 Å². The fourth-order valence-electron chi connectivity index (χ4n) is 3.20. The van der Waals surface area contributed by atoms with Gasteiger partial charge in [0.1, 0.15) is 22.7 Å². The number of benzene rings is 1. The van der Waals surface area contributed by atoms with Gasteiger partial charge < -0.3 is 19.7 Å². The molecule has 1 aromatic carbocycles. The number of carbonyl (C=O) groups excluding carboxylic acids is 2. The number of carbonyl (C=O) groups is 2. The lowest BCUT2D eigenvalue weighted by molar-refractivity contribution is -0.132. The van der Waals surface area contributed by atoms with Gasteiger partial charge in [0.05, 0.1) is 25.4 Å². The minimum atomic E-state index is -0.786. The van der Waals surface area contributed by atoms with E-state index in [1.54, 1.807) is 20.8 Å². The molecule has 2 aliphatic heterocycles. The maximum atomic E-state index is 12.6. The molecule has 0 fully saturated rings. The highest BCUT2D eigenvalue weighted by Crippen LogP contribution is 2.45. The number of fused-ring (bicyclic) bond motifs is 3. The van der Waals surface area contributed by atoms with Crippen molar-refractivity contribution in [3.05, 3.63) is 17.2 Å². The Hall–Kier alpha value is -2.61. The van der Waals surface area contributed by atoms with Gasteiger partial charge in [-0.1, -0.05) is 0 Å². The second-order valence-corrected chi connectivity index (χ2v) is 7.40. The van der Waals surface area contributed by atoms with Gasteiger partial charge in [0, 0.05) is 18.9 Å². The summed E-state index contributed by atoms with van der Waals surface area (Å²) in [4.78, 5) is 29.8. The first-order valence-electron chi connectivity index (χ1n) is 8.33. The largest absolute Gasteiger partial charge is 0.506 e. The molecule has 0 aromatic heterocycles. The zero-order valence-corrected chi connectivity index (χ0v) is 15.2. The number of aromatic hydroxyl groups is 1. The van der Waals surface area contributed by atoms with E-state index in [0.29, 0.717) is 23.2 Å². The Morgan fingerprint density at radius 3 is 2.62 bits per heavy atom. The highest BCUT2D eigenvalue weighted by molar-refractivity contribution is 6.38. The standard InChI is InChI=1S/C18H22N2O6/c1-18(2,3)26-17(24)20-8-9(21)5-10-11-6-12(16(23)25-4)19-15(11)14(22)7-13(10)20/h7,9,21-22H,5-6,8H2,1-4H3. The first-order valence-corrected chi connectivity index (χ1v) is 8.33. The number of aliphatic hydroxyl groups is 1. The molecule has 0 aliphatic carbocycles. The Labute approximate surface area is 151 Å². The molecule has 0 spiro atoms. The van der Waals surface area contributed by atoms with Gasteiger partial charge in [0.2, 0.25) is 0 Å². The van der Waals surface area contributed by atoms with Crippen LogP contribution in [0.3, 0.4) is 0 Å². The molecule has 2 heterocycles. The van der Waals surface area contributed by atoms with E-state index in [1.807, 2.05) is 0 Å². The lowest BCUT2D eigenvalue weighted by Crippen LogP contribution is -2.45. The van der Waals surface area contributed by atoms with Crippen molar-refractivity contribution in [3.8, 4) is 5.75 Å². The second-order valence-electron chi connectivity index (χ2n) is 7.40. The molecular formula is C18H22N2O6. The topological polar surface area (TPSA) is 109 Å². The molecule has 3 rings (SSSR count). The van der Waals surface area contributed by atoms with E-state index < -0.39 is 23.8 Å². The average molecular weight is 362 g/mol. The number of methoxy groups -OCH3 is 1. The van der Waals surface area contributed by atoms with Crippen LogP contribution in [0.2, 0.25) is 0 Å². The number of anilines is 1. The normalized spacial score (nSPS) is 18.7. The minimum absolute atomic E-state index is 0.0604. The number of β-amino-alcohol motifs (C(OH)–C–C–N with tert-alkyl or cyclic N) is 1. The Kier molecular flexibility index (Phi) is 4.39. The lowest BCUT2D eigenvalue weighted by Gasteiger charge is -2.35. The third kappa shape index (κ3) is 3.24. The molecule has 1 atom stereocenters. The third-order valence-electron chi connectivity index (χ3n) is 4.23. The zero-order valence-electron chi connectivity index (χ0n) is 15.2. The van der Waals surface area contributed by atoms with Crippen LogP contribution in [0.5, 0.6) is 5.75 Å². The van der Waals surface area contributed by atoms with Crippen molar-refractivity contribution in [2.45, 2.75) is 45.3 Å². The highest BCUT2D eigenvalue weighted by Gasteiger charge is 2.36. The van der Waals surface area contributed by atoms with Gasteiger partial charge in [-0.05, 0) is 31.9 Å². The Balaban J connectivity index is 2.03. The van der Waals surface area contributed by atoms with E-state index in [4.69, 9.17) is 9.47 Å². The molecule has 26 heavy (non-hydrogen) atoms. The van der Waals surface area contributed by atoms with E-state index in [0.717, 1.165) is 0 Å². The molecule has 0 saturated heterocycles. The van der Waals surface area contributed by atoms with Crippen LogP contribution in [-0.4, -0.2) is 53.3 Å². The van der Waals surface area contributed by atoms with Crippen LogP contribution in [0.25, 0.3) is 0 Å². The van der Waals surface area contributed by atoms with Crippen LogP contribution in [0, 0.1) is 0 Å². The molecule has 140 valence electrons. The number of amides is 1. The summed E-state index contributed by atoms with van der Waals surface area (Å²) >= 11 is 0. The van der Waals surface area contributed by atoms with Gasteiger partial charge >= 0.3 is 12.1 Å². The Morgan fingerprint density at radius 2 is 2.00 bits per heavy atom. The Morgan fingerprint density at radius 1 is 1.31 bits per heavy atom. The number of ether oxygens (including phenoxy) is 2. The number of aliphatic hydroxyl groups excluding tert-OH is 1. The van der Waals surface area contributed by atoms with Crippen LogP contribution in [-0.2, 0) is 27.1 Å². The van der Waals surface area contributed by atoms with E-state index >= 15 is 0 Å². The number of rotatable bonds is 1. The molecular weight excluding hydrogens is 340 g/mol. The maximum Gasteiger partial charge on any atom is 0.414 e. The van der Waals surface area contributed by atoms with Crippen LogP contribution in [0.4, 0.5) is 16.2 Å². The molecule has 1 aromatic rings. The third-order valence-corrected chi connectivity index (χ3v) is 4.23. The second kappa shape index (κ2) is 6.28. The SMILES string of the molecule is COC(=O)C1=Nc2c(O)cc3c(c2C1)CC(O)CN3C(=O)OC(C)(C)C. The predicted molar refractivity (Wildman–Crippen MR) is 94.2 cm³/mol. The molecule has 8 nitrogen and oxygen atoms in total. The molecule has 2 N–H and O–H groups in total. The van der Waals surface area contributed by atoms with Gasteiger partial charge in [-0.2, -0.15) is 0 Å². The van der Waals surface area contributed by atoms with Crippen molar-refractivity contribution in [3.63, 3.8) is 0 Å². The van der Waals surface area contributed by atoms with Crippen LogP contribution < -0.4 is 4.90 Å². The number of nitrogens with zero attached hydrogens (tertiary/aromatic N) is 2. The van der Waals surface area contributed by atoms with Crippen molar-refractivity contribution < 1.29 is 29.3 Å². The maximum absolute atomic E-state index is 12.6. The van der Waals surface area contributed by atoms with Crippen LogP contribution in [0.1, 0.15) is 31.9 Å². The quantitative estimate of drug-likeness (QED) is 0.738. The van der Waals surface area contributed by atoms with Crippen molar-refractivity contribution in [2.75, 3.05) is 18.6 Å². The van der Waals surface area contributed by atoms with E-state index in [2.05, 4.69) is 4.99 Å². The Bertz CT molecular complexity index is 809. The molecule has 0 bridgehead atoms. The number of aliphatic imine (C=N–C) groups is 1. The summed E-state index contributed by atoms with van der Waals surface area (Å²) in [5.74, 6) is -0.711. The van der Waals surface area contributed by atoms with Gasteiger partial charge in [-0.3, -0.25) is 4.90 Å². The molecule has 1 unspecified atom stereocenters. The molecule has 2 aliphatic rings. The first kappa shape index (κ1) is 18.2. The highest BCUT2D eigenvalue weighted by atomic mass is 16.6. The monoisotopic (exact) mass is 362 g/mol. The fourth-order valence-corrected chi connectivity index (χ4v) is 3.20. The summed E-state index contributed by atoms with van der Waals surface area (Å²) < 4.78 is 10.1. The fraction of sp³-hybridized carbons (Fsp3) is 0.500. The number of hydrogen-bond donors (Lipinski definition) is 2. The number of esters is 1. The lowest BCUT2D eigenvalue weighted by atomic mass is 9.92. The molecule has 0 radical (unpaired) electrons. The summed E-state index contributed by atoms with van der Waals surface area (Å²) in [6.45, 7) is 5.32. The van der Waals surface area contributed by atoms with E-state index in [1.165, 1.54) is 18.1 Å². The number of phenolic OH excluding ortho intramolecular Hbond substituents is 1. The molecule has 8 heteroatoms. The summed E-state index contributed by atoms with van der Waals surface area (Å²) in [7, 11) is 1.26. The first-order chi connectivity index (χ1) is 12.1. The van der Waals surface area contributed by atoms with Crippen LogP contribution in [0.15, 0.2) is 11.1 Å². The summed E-state index contributed by atoms with van der Waals surface area (Å²) in [5.41, 5.74) is 1.51. The number of hydrogen-bond acceptors (Lipinski definition) is 7. The average Bonchev–Trinajstić information content (AvgIpc) is 2.99. The summed E-state index contributed by atoms with van der Waals surface area (Å²) in [6, 6.07) is 1.42. The summed E-state index contributed by atoms with van der Waals surface area (Å²) in [5, 5.41) is 20.6. The smallest absolute Gasteiger partial charge is 0.414 e. The van der Waals surface area contributed by atoms with E-state index in [9.17, 15) is 19.8 Å². The van der Waals surface area contributed by atoms with Crippen molar-refractivity contribution in [1.29, 1.82) is 0 Å². The van der Waals surface area contributed by atoms with Crippen molar-refractivity contribution >= 4 is 29.1 Å². The molecule has 0 saturated carbocycles. The van der Waals surface area contributed by atoms with Gasteiger partial charge in [-0.25, -0.2) is 14.6 Å². The zero-order chi connectivity index (χ0) is 19.2. The predicted octanol–water partition coefficient (Wildman–Crippen LogP) is 1.85.